The van der Waals surface area contributed by atoms with E-state index in [-0.39, 0.29) is 18.2 Å². The van der Waals surface area contributed by atoms with Crippen LogP contribution in [0.15, 0.2) is 29.2 Å². The van der Waals surface area contributed by atoms with E-state index in [0.29, 0.717) is 31.0 Å². The Kier molecular flexibility index (Phi) is 7.79. The van der Waals surface area contributed by atoms with Gasteiger partial charge in [0, 0.05) is 26.1 Å². The van der Waals surface area contributed by atoms with Gasteiger partial charge in [-0.15, -0.1) is 0 Å². The number of carbonyl (C=O) groups is 2. The molecule has 1 heterocycles. The van der Waals surface area contributed by atoms with E-state index in [2.05, 4.69) is 10.6 Å². The highest BCUT2D eigenvalue weighted by Gasteiger charge is 2.25. The summed E-state index contributed by atoms with van der Waals surface area (Å²) in [6, 6.07) is 6.13. The number of amides is 2. The fraction of sp³-hybridized carbons (Fsp3) is 0.579. The monoisotopic (exact) mass is 395 g/mol. The van der Waals surface area contributed by atoms with Gasteiger partial charge in [0.15, 0.2) is 0 Å². The number of hydrogen-bond donors (Lipinski definition) is 2. The fourth-order valence-electron chi connectivity index (χ4n) is 3.05. The highest BCUT2D eigenvalue weighted by Crippen LogP contribution is 2.21. The van der Waals surface area contributed by atoms with Crippen LogP contribution in [0.25, 0.3) is 0 Å². The second-order valence-corrected chi connectivity index (χ2v) is 8.73. The zero-order chi connectivity index (χ0) is 19.9. The lowest BCUT2D eigenvalue weighted by atomic mass is 10.1. The van der Waals surface area contributed by atoms with Crippen molar-refractivity contribution in [2.45, 2.75) is 56.9 Å². The van der Waals surface area contributed by atoms with Gasteiger partial charge in [0.2, 0.25) is 21.8 Å². The molecular weight excluding hydrogens is 366 g/mol. The molecule has 1 aromatic rings. The number of rotatable bonds is 8. The number of nitrogens with one attached hydrogen (secondary N) is 2. The number of piperidine rings is 1. The zero-order valence-electron chi connectivity index (χ0n) is 16.0. The molecule has 7 nitrogen and oxygen atoms in total. The fourth-order valence-corrected chi connectivity index (χ4v) is 4.56. The molecule has 0 unspecified atom stereocenters. The van der Waals surface area contributed by atoms with Crippen LogP contribution in [0.2, 0.25) is 0 Å². The van der Waals surface area contributed by atoms with E-state index in [1.54, 1.807) is 35.5 Å². The second kappa shape index (κ2) is 9.85. The van der Waals surface area contributed by atoms with Gasteiger partial charge in [-0.25, -0.2) is 8.42 Å². The molecule has 1 aromatic carbocycles. The van der Waals surface area contributed by atoms with Crippen molar-refractivity contribution in [2.75, 3.05) is 19.6 Å². The lowest BCUT2D eigenvalue weighted by molar-refractivity contribution is -0.128. The van der Waals surface area contributed by atoms with Crippen molar-refractivity contribution in [2.24, 2.45) is 0 Å². The van der Waals surface area contributed by atoms with E-state index in [1.807, 2.05) is 6.92 Å². The number of likely N-dealkylation sites (N-methyl/N-ethyl adjacent to an activating group) is 1. The Labute approximate surface area is 161 Å². The van der Waals surface area contributed by atoms with Crippen LogP contribution >= 0.6 is 0 Å². The molecule has 1 aliphatic heterocycles. The van der Waals surface area contributed by atoms with Gasteiger partial charge in [-0.3, -0.25) is 9.59 Å². The topological polar surface area (TPSA) is 95.6 Å². The number of benzene rings is 1. The van der Waals surface area contributed by atoms with Gasteiger partial charge in [0.1, 0.15) is 6.04 Å². The van der Waals surface area contributed by atoms with Crippen molar-refractivity contribution in [3.63, 3.8) is 0 Å². The SMILES string of the molecule is CCNC(=O)[C@@H](C)NC(=O)CCc1ccc(S(=O)(=O)N2CCCCC2)cc1. The minimum Gasteiger partial charge on any atom is -0.355 e. The van der Waals surface area contributed by atoms with Crippen LogP contribution in [0.3, 0.4) is 0 Å². The van der Waals surface area contributed by atoms with Crippen molar-refractivity contribution in [1.29, 1.82) is 0 Å². The number of nitrogens with zero attached hydrogens (tertiary/aromatic N) is 1. The van der Waals surface area contributed by atoms with E-state index in [4.69, 9.17) is 0 Å². The molecule has 0 radical (unpaired) electrons. The predicted molar refractivity (Wildman–Crippen MR) is 104 cm³/mol. The Bertz CT molecular complexity index is 741. The van der Waals surface area contributed by atoms with Gasteiger partial charge in [-0.2, -0.15) is 4.31 Å². The van der Waals surface area contributed by atoms with Gasteiger partial charge in [0.05, 0.1) is 4.90 Å². The molecular formula is C19H29N3O4S. The van der Waals surface area contributed by atoms with Crippen LogP contribution in [-0.2, 0) is 26.0 Å². The van der Waals surface area contributed by atoms with Gasteiger partial charge in [0.25, 0.3) is 0 Å². The average molecular weight is 396 g/mol. The predicted octanol–water partition coefficient (Wildman–Crippen LogP) is 1.43. The van der Waals surface area contributed by atoms with Crippen LogP contribution in [-0.4, -0.2) is 50.2 Å². The van der Waals surface area contributed by atoms with Crippen molar-refractivity contribution in [3.05, 3.63) is 29.8 Å². The lowest BCUT2D eigenvalue weighted by Crippen LogP contribution is -2.44. The maximum absolute atomic E-state index is 12.6. The second-order valence-electron chi connectivity index (χ2n) is 6.79. The first-order valence-electron chi connectivity index (χ1n) is 9.50. The molecule has 0 bridgehead atoms. The van der Waals surface area contributed by atoms with Crippen molar-refractivity contribution in [3.8, 4) is 0 Å². The summed E-state index contributed by atoms with van der Waals surface area (Å²) in [5, 5.41) is 5.32. The standard InChI is InChI=1S/C19H29N3O4S/c1-3-20-19(24)15(2)21-18(23)12-9-16-7-10-17(11-8-16)27(25,26)22-13-5-4-6-14-22/h7-8,10-11,15H,3-6,9,12-14H2,1-2H3,(H,20,24)(H,21,23)/t15-/m1/s1. The van der Waals surface area contributed by atoms with E-state index in [9.17, 15) is 18.0 Å². The third-order valence-corrected chi connectivity index (χ3v) is 6.55. The van der Waals surface area contributed by atoms with Crippen molar-refractivity contribution < 1.29 is 18.0 Å². The average Bonchev–Trinajstić information content (AvgIpc) is 2.67. The Hall–Kier alpha value is -1.93. The van der Waals surface area contributed by atoms with Gasteiger partial charge < -0.3 is 10.6 Å². The molecule has 27 heavy (non-hydrogen) atoms. The van der Waals surface area contributed by atoms with Crippen LogP contribution in [0.4, 0.5) is 0 Å². The number of carbonyl (C=O) groups excluding carboxylic acids is 2. The molecule has 0 aliphatic carbocycles. The summed E-state index contributed by atoms with van der Waals surface area (Å²) >= 11 is 0. The molecule has 0 saturated carbocycles. The highest BCUT2D eigenvalue weighted by atomic mass is 32.2. The third-order valence-electron chi connectivity index (χ3n) is 4.64. The van der Waals surface area contributed by atoms with E-state index in [1.165, 1.54) is 0 Å². The largest absolute Gasteiger partial charge is 0.355 e. The first kappa shape index (κ1) is 21.4. The maximum Gasteiger partial charge on any atom is 0.243 e. The molecule has 2 rings (SSSR count). The van der Waals surface area contributed by atoms with Crippen LogP contribution in [0.1, 0.15) is 45.1 Å². The number of hydrogen-bond acceptors (Lipinski definition) is 4. The zero-order valence-corrected chi connectivity index (χ0v) is 16.8. The van der Waals surface area contributed by atoms with E-state index in [0.717, 1.165) is 24.8 Å². The summed E-state index contributed by atoms with van der Waals surface area (Å²) in [5.74, 6) is -0.420. The summed E-state index contributed by atoms with van der Waals surface area (Å²) in [7, 11) is -3.43. The third kappa shape index (κ3) is 6.04. The molecule has 1 aliphatic rings. The van der Waals surface area contributed by atoms with Crippen LogP contribution in [0, 0.1) is 0 Å². The Morgan fingerprint density at radius 2 is 1.74 bits per heavy atom. The maximum atomic E-state index is 12.6. The number of sulfonamides is 1. The normalized spacial score (nSPS) is 16.5. The number of aryl methyl sites for hydroxylation is 1. The quantitative estimate of drug-likeness (QED) is 0.696. The summed E-state index contributed by atoms with van der Waals surface area (Å²) in [4.78, 5) is 23.9. The van der Waals surface area contributed by atoms with Gasteiger partial charge in [-0.1, -0.05) is 18.6 Å². The van der Waals surface area contributed by atoms with Crippen LogP contribution < -0.4 is 10.6 Å². The summed E-state index contributed by atoms with van der Waals surface area (Å²) < 4.78 is 26.8. The molecule has 150 valence electrons. The summed E-state index contributed by atoms with van der Waals surface area (Å²) in [5.41, 5.74) is 0.883. The molecule has 2 amide bonds. The molecule has 0 aromatic heterocycles. The Morgan fingerprint density at radius 3 is 2.33 bits per heavy atom. The minimum atomic E-state index is -3.43. The molecule has 1 fully saturated rings. The molecule has 2 N–H and O–H groups in total. The molecule has 1 saturated heterocycles. The molecule has 0 spiro atoms. The smallest absolute Gasteiger partial charge is 0.243 e. The molecule has 8 heteroatoms. The Balaban J connectivity index is 1.88. The van der Waals surface area contributed by atoms with Gasteiger partial charge in [-0.05, 0) is 50.8 Å². The molecule has 1 atom stereocenters. The lowest BCUT2D eigenvalue weighted by Gasteiger charge is -2.25. The summed E-state index contributed by atoms with van der Waals surface area (Å²) in [6.07, 6.45) is 3.61. The first-order valence-corrected chi connectivity index (χ1v) is 10.9. The Morgan fingerprint density at radius 1 is 1.11 bits per heavy atom. The first-order chi connectivity index (χ1) is 12.8. The van der Waals surface area contributed by atoms with E-state index >= 15 is 0 Å². The van der Waals surface area contributed by atoms with E-state index < -0.39 is 16.1 Å². The minimum absolute atomic E-state index is 0.209. The summed E-state index contributed by atoms with van der Waals surface area (Å²) in [6.45, 7) is 5.14. The van der Waals surface area contributed by atoms with Crippen molar-refractivity contribution >= 4 is 21.8 Å². The highest BCUT2D eigenvalue weighted by molar-refractivity contribution is 7.89. The van der Waals surface area contributed by atoms with Crippen LogP contribution in [0.5, 0.6) is 0 Å². The van der Waals surface area contributed by atoms with Gasteiger partial charge >= 0.3 is 0 Å². The van der Waals surface area contributed by atoms with Crippen molar-refractivity contribution in [1.82, 2.24) is 14.9 Å².